The lowest BCUT2D eigenvalue weighted by atomic mass is 10.1. The van der Waals surface area contributed by atoms with Gasteiger partial charge < -0.3 is 5.73 Å². The number of aromatic nitrogens is 2. The van der Waals surface area contributed by atoms with E-state index in [-0.39, 0.29) is 6.67 Å². The highest BCUT2D eigenvalue weighted by molar-refractivity contribution is 6.11. The van der Waals surface area contributed by atoms with Crippen molar-refractivity contribution in [2.75, 3.05) is 6.67 Å². The second kappa shape index (κ2) is 7.02. The molecule has 24 heavy (non-hydrogen) atoms. The van der Waals surface area contributed by atoms with E-state index in [2.05, 4.69) is 46.1 Å². The second-order valence-corrected chi connectivity index (χ2v) is 5.34. The van der Waals surface area contributed by atoms with E-state index in [1.54, 1.807) is 12.4 Å². The fraction of sp³-hybridized carbons (Fsp3) is 0.105. The van der Waals surface area contributed by atoms with Crippen LogP contribution in [0.3, 0.4) is 0 Å². The summed E-state index contributed by atoms with van der Waals surface area (Å²) < 4.78 is 2.03. The largest absolute Gasteiger partial charge is 0.312 e. The predicted molar refractivity (Wildman–Crippen MR) is 99.5 cm³/mol. The van der Waals surface area contributed by atoms with Crippen molar-refractivity contribution in [2.24, 2.45) is 15.7 Å². The number of aliphatic imine (C=N–C) groups is 2. The van der Waals surface area contributed by atoms with Gasteiger partial charge in [0.15, 0.2) is 0 Å². The van der Waals surface area contributed by atoms with Crippen LogP contribution in [0.4, 0.5) is 0 Å². The number of nitrogens with two attached hydrogens (primary N) is 1. The fourth-order valence-corrected chi connectivity index (χ4v) is 2.65. The first-order chi connectivity index (χ1) is 11.7. The van der Waals surface area contributed by atoms with E-state index in [0.717, 1.165) is 33.8 Å². The number of imidazole rings is 1. The van der Waals surface area contributed by atoms with Crippen LogP contribution in [0.2, 0.25) is 0 Å². The third-order valence-corrected chi connectivity index (χ3v) is 3.76. The molecule has 0 unspecified atom stereocenters. The molecule has 2 N–H and O–H groups in total. The molecule has 0 saturated heterocycles. The van der Waals surface area contributed by atoms with Gasteiger partial charge >= 0.3 is 0 Å². The number of pyridine rings is 1. The first kappa shape index (κ1) is 15.8. The first-order valence-corrected chi connectivity index (χ1v) is 7.65. The van der Waals surface area contributed by atoms with Gasteiger partial charge in [0.25, 0.3) is 0 Å². The second-order valence-electron chi connectivity index (χ2n) is 5.34. The molecule has 0 aliphatic carbocycles. The minimum atomic E-state index is 0.198. The summed E-state index contributed by atoms with van der Waals surface area (Å²) in [5.74, 6) is 0. The highest BCUT2D eigenvalue weighted by Gasteiger charge is 2.12. The number of benzene rings is 1. The molecule has 0 amide bonds. The van der Waals surface area contributed by atoms with E-state index in [9.17, 15) is 0 Å². The summed E-state index contributed by atoms with van der Waals surface area (Å²) in [4.78, 5) is 12.7. The molecule has 2 heterocycles. The lowest BCUT2D eigenvalue weighted by Gasteiger charge is -2.08. The molecule has 120 valence electrons. The molecule has 2 aromatic heterocycles. The molecular weight excluding hydrogens is 298 g/mol. The summed E-state index contributed by atoms with van der Waals surface area (Å²) in [5.41, 5.74) is 11.3. The zero-order valence-electron chi connectivity index (χ0n) is 13.6. The molecule has 0 saturated carbocycles. The van der Waals surface area contributed by atoms with Gasteiger partial charge in [-0.15, -0.1) is 0 Å². The van der Waals surface area contributed by atoms with Crippen molar-refractivity contribution in [1.82, 2.24) is 9.38 Å². The standard InChI is InChI=1S/C19H19N5/c1-14(10-21-2)19(23-13-20)17-11-22-18-9-8-16(12-24(17)18)15-6-4-3-5-7-15/h3-12H,2,13,20H2,1H3/b14-10-,23-19+. The number of fused-ring (bicyclic) bond motifs is 1. The van der Waals surface area contributed by atoms with Crippen LogP contribution in [0.1, 0.15) is 12.6 Å². The Morgan fingerprint density at radius 1 is 1.21 bits per heavy atom. The Balaban J connectivity index is 2.17. The SMILES string of the molecule is C=N/C=C(C)\C(=N/CN)c1cnc2ccc(-c3ccccc3)cn12. The molecule has 0 atom stereocenters. The highest BCUT2D eigenvalue weighted by atomic mass is 15.0. The predicted octanol–water partition coefficient (Wildman–Crippen LogP) is 3.31. The number of hydrogen-bond acceptors (Lipinski definition) is 4. The highest BCUT2D eigenvalue weighted by Crippen LogP contribution is 2.21. The maximum absolute atomic E-state index is 5.64. The summed E-state index contributed by atoms with van der Waals surface area (Å²) in [6.45, 7) is 5.64. The molecule has 5 heteroatoms. The average molecular weight is 317 g/mol. The van der Waals surface area contributed by atoms with E-state index in [0.29, 0.717) is 0 Å². The van der Waals surface area contributed by atoms with Crippen LogP contribution >= 0.6 is 0 Å². The van der Waals surface area contributed by atoms with Crippen LogP contribution in [-0.4, -0.2) is 28.5 Å². The lowest BCUT2D eigenvalue weighted by Crippen LogP contribution is -2.10. The van der Waals surface area contributed by atoms with Gasteiger partial charge in [-0.1, -0.05) is 30.3 Å². The molecule has 0 aliphatic rings. The van der Waals surface area contributed by atoms with Gasteiger partial charge in [-0.25, -0.2) is 4.98 Å². The van der Waals surface area contributed by atoms with Crippen molar-refractivity contribution < 1.29 is 0 Å². The van der Waals surface area contributed by atoms with Gasteiger partial charge in [-0.2, -0.15) is 0 Å². The summed E-state index contributed by atoms with van der Waals surface area (Å²) in [6.07, 6.45) is 5.54. The van der Waals surface area contributed by atoms with Crippen LogP contribution < -0.4 is 5.73 Å². The Bertz CT molecular complexity index is 919. The smallest absolute Gasteiger partial charge is 0.137 e. The maximum Gasteiger partial charge on any atom is 0.137 e. The third kappa shape index (κ3) is 3.02. The molecule has 3 aromatic rings. The van der Waals surface area contributed by atoms with Crippen molar-refractivity contribution in [1.29, 1.82) is 0 Å². The van der Waals surface area contributed by atoms with Gasteiger partial charge in [-0.3, -0.25) is 14.4 Å². The van der Waals surface area contributed by atoms with Gasteiger partial charge in [0.2, 0.25) is 0 Å². The van der Waals surface area contributed by atoms with E-state index < -0.39 is 0 Å². The van der Waals surface area contributed by atoms with Crippen LogP contribution in [0.15, 0.2) is 76.6 Å². The van der Waals surface area contributed by atoms with Crippen molar-refractivity contribution in [3.05, 3.63) is 72.3 Å². The summed E-state index contributed by atoms with van der Waals surface area (Å²) in [7, 11) is 0. The zero-order valence-corrected chi connectivity index (χ0v) is 13.6. The topological polar surface area (TPSA) is 68.0 Å². The van der Waals surface area contributed by atoms with Crippen molar-refractivity contribution in [3.8, 4) is 11.1 Å². The molecule has 3 rings (SSSR count). The maximum atomic E-state index is 5.64. The lowest BCUT2D eigenvalue weighted by molar-refractivity contribution is 1.06. The number of rotatable bonds is 5. The van der Waals surface area contributed by atoms with Gasteiger partial charge in [0, 0.05) is 12.4 Å². The van der Waals surface area contributed by atoms with Crippen molar-refractivity contribution in [3.63, 3.8) is 0 Å². The molecule has 1 aromatic carbocycles. The fourth-order valence-electron chi connectivity index (χ4n) is 2.65. The molecule has 0 spiro atoms. The van der Waals surface area contributed by atoms with Gasteiger partial charge in [-0.05, 0) is 42.5 Å². The summed E-state index contributed by atoms with van der Waals surface area (Å²) in [5, 5.41) is 0. The minimum absolute atomic E-state index is 0.198. The van der Waals surface area contributed by atoms with E-state index in [1.807, 2.05) is 35.6 Å². The Kier molecular flexibility index (Phi) is 4.63. The van der Waals surface area contributed by atoms with Crippen LogP contribution in [-0.2, 0) is 0 Å². The Hall–Kier alpha value is -3.05. The summed E-state index contributed by atoms with van der Waals surface area (Å²) >= 11 is 0. The molecular formula is C19H19N5. The molecule has 5 nitrogen and oxygen atoms in total. The number of nitrogens with zero attached hydrogens (tertiary/aromatic N) is 4. The van der Waals surface area contributed by atoms with E-state index in [1.165, 1.54) is 0 Å². The monoisotopic (exact) mass is 317 g/mol. The number of hydrogen-bond donors (Lipinski definition) is 1. The van der Waals surface area contributed by atoms with Gasteiger partial charge in [0.1, 0.15) is 5.65 Å². The quantitative estimate of drug-likeness (QED) is 0.734. The Morgan fingerprint density at radius 3 is 2.71 bits per heavy atom. The van der Waals surface area contributed by atoms with E-state index in [4.69, 9.17) is 5.73 Å². The first-order valence-electron chi connectivity index (χ1n) is 7.65. The zero-order chi connectivity index (χ0) is 16.9. The number of allylic oxidation sites excluding steroid dienone is 1. The Morgan fingerprint density at radius 2 is 2.00 bits per heavy atom. The van der Waals surface area contributed by atoms with Gasteiger partial charge in [0.05, 0.1) is 24.3 Å². The van der Waals surface area contributed by atoms with Crippen molar-refractivity contribution in [2.45, 2.75) is 6.92 Å². The third-order valence-electron chi connectivity index (χ3n) is 3.76. The van der Waals surface area contributed by atoms with E-state index >= 15 is 0 Å². The molecule has 0 bridgehead atoms. The molecule has 0 aliphatic heterocycles. The summed E-state index contributed by atoms with van der Waals surface area (Å²) in [6, 6.07) is 14.3. The normalized spacial score (nSPS) is 12.6. The average Bonchev–Trinajstić information content (AvgIpc) is 3.03. The molecule has 0 radical (unpaired) electrons. The van der Waals surface area contributed by atoms with Crippen LogP contribution in [0, 0.1) is 0 Å². The van der Waals surface area contributed by atoms with Crippen LogP contribution in [0.5, 0.6) is 0 Å². The Labute approximate surface area is 140 Å². The van der Waals surface area contributed by atoms with Crippen LogP contribution in [0.25, 0.3) is 16.8 Å². The minimum Gasteiger partial charge on any atom is -0.312 e. The molecule has 0 fully saturated rings. The van der Waals surface area contributed by atoms with Crippen molar-refractivity contribution >= 4 is 18.1 Å².